The van der Waals surface area contributed by atoms with Crippen LogP contribution >= 0.6 is 0 Å². The summed E-state index contributed by atoms with van der Waals surface area (Å²) in [6.45, 7) is 0. The van der Waals surface area contributed by atoms with Crippen LogP contribution in [0.2, 0.25) is 0 Å². The molecule has 0 unspecified atom stereocenters. The zero-order valence-corrected chi connectivity index (χ0v) is 30.3. The second-order valence-corrected chi connectivity index (χ2v) is 14.3. The Kier molecular flexibility index (Phi) is 6.95. The minimum Gasteiger partial charge on any atom is -0.309 e. The zero-order valence-electron chi connectivity index (χ0n) is 30.3. The molecule has 0 radical (unpaired) electrons. The second-order valence-electron chi connectivity index (χ2n) is 14.3. The number of rotatable bonds is 4. The number of benzene rings is 8. The molecule has 57 heavy (non-hydrogen) atoms. The van der Waals surface area contributed by atoms with Crippen molar-refractivity contribution in [1.82, 2.24) is 13.7 Å². The summed E-state index contributed by atoms with van der Waals surface area (Å²) in [6, 6.07) is 64.9. The first kappa shape index (κ1) is 32.1. The molecule has 0 atom stereocenters. The number of nitriles is 3. The SMILES string of the molecule is N#Cc1ccc2c(c1)c1cc(C#N)ccc1n2-c1ccc(-c2ccccc2-n2c3ccccc3c3c(-n4c5ccccc5c5ccccc54)cccc32)c(C#N)c1. The molecule has 11 rings (SSSR count). The molecule has 11 aromatic rings. The van der Waals surface area contributed by atoms with Gasteiger partial charge in [0, 0.05) is 49.1 Å². The number of hydrogen-bond donors (Lipinski definition) is 0. The standard InChI is InChI=1S/C51H28N6/c52-29-32-20-24-47-41(26-32)42-27-33(30-53)21-25-48(42)55(47)35-22-23-36(34(28-35)31-54)37-10-1-5-14-43(37)57-46-17-8-4-13-40(46)51-49(18-9-19-50(51)57)56-44-15-6-2-11-38(44)39-12-3-7-16-45(39)56/h1-28H. The van der Waals surface area contributed by atoms with Gasteiger partial charge >= 0.3 is 0 Å². The Morgan fingerprint density at radius 3 is 1.47 bits per heavy atom. The highest BCUT2D eigenvalue weighted by Crippen LogP contribution is 2.42. The quantitative estimate of drug-likeness (QED) is 0.181. The molecular formula is C51H28N6. The lowest BCUT2D eigenvalue weighted by Gasteiger charge is -2.16. The summed E-state index contributed by atoms with van der Waals surface area (Å²) in [7, 11) is 0. The molecule has 3 aromatic heterocycles. The lowest BCUT2D eigenvalue weighted by molar-refractivity contribution is 1.16. The zero-order chi connectivity index (χ0) is 38.2. The third-order valence-corrected chi connectivity index (χ3v) is 11.3. The van der Waals surface area contributed by atoms with E-state index in [0.29, 0.717) is 16.7 Å². The fourth-order valence-electron chi connectivity index (χ4n) is 8.96. The van der Waals surface area contributed by atoms with Crippen LogP contribution in [-0.2, 0) is 0 Å². The molecule has 0 aliphatic rings. The lowest BCUT2D eigenvalue weighted by atomic mass is 9.97. The van der Waals surface area contributed by atoms with E-state index in [2.05, 4.69) is 147 Å². The Morgan fingerprint density at radius 2 is 0.842 bits per heavy atom. The maximum absolute atomic E-state index is 10.8. The highest BCUT2D eigenvalue weighted by molar-refractivity contribution is 6.17. The van der Waals surface area contributed by atoms with E-state index in [1.807, 2.05) is 42.5 Å². The van der Waals surface area contributed by atoms with Crippen LogP contribution in [0.15, 0.2) is 170 Å². The molecule has 0 saturated heterocycles. The molecule has 0 amide bonds. The Bertz CT molecular complexity index is 3500. The van der Waals surface area contributed by atoms with Gasteiger partial charge in [0.25, 0.3) is 0 Å². The first-order valence-corrected chi connectivity index (χ1v) is 18.7. The predicted molar refractivity (Wildman–Crippen MR) is 229 cm³/mol. The van der Waals surface area contributed by atoms with E-state index in [9.17, 15) is 15.8 Å². The lowest BCUT2D eigenvalue weighted by Crippen LogP contribution is -2.00. The van der Waals surface area contributed by atoms with Crippen LogP contribution in [0.4, 0.5) is 0 Å². The van der Waals surface area contributed by atoms with Crippen LogP contribution in [-0.4, -0.2) is 13.7 Å². The topological polar surface area (TPSA) is 86.2 Å². The number of fused-ring (bicyclic) bond motifs is 9. The minimum atomic E-state index is 0.531. The van der Waals surface area contributed by atoms with Gasteiger partial charge in [0.2, 0.25) is 0 Å². The average Bonchev–Trinajstić information content (AvgIpc) is 3.91. The highest BCUT2D eigenvalue weighted by Gasteiger charge is 2.22. The molecule has 3 heterocycles. The van der Waals surface area contributed by atoms with E-state index in [4.69, 9.17) is 0 Å². The molecule has 0 bridgehead atoms. The van der Waals surface area contributed by atoms with Gasteiger partial charge in [0.05, 0.1) is 79.4 Å². The Balaban J connectivity index is 1.14. The summed E-state index contributed by atoms with van der Waals surface area (Å²) >= 11 is 0. The monoisotopic (exact) mass is 724 g/mol. The number of aromatic nitrogens is 3. The second kappa shape index (κ2) is 12.3. The van der Waals surface area contributed by atoms with Gasteiger partial charge in [0.15, 0.2) is 0 Å². The first-order chi connectivity index (χ1) is 28.2. The van der Waals surface area contributed by atoms with Crippen molar-refractivity contribution in [2.24, 2.45) is 0 Å². The number of para-hydroxylation sites is 4. The van der Waals surface area contributed by atoms with Gasteiger partial charge in [-0.15, -0.1) is 0 Å². The molecule has 6 nitrogen and oxygen atoms in total. The molecule has 0 aliphatic heterocycles. The average molecular weight is 725 g/mol. The molecule has 262 valence electrons. The number of hydrogen-bond acceptors (Lipinski definition) is 3. The van der Waals surface area contributed by atoms with Gasteiger partial charge in [-0.2, -0.15) is 15.8 Å². The molecule has 0 aliphatic carbocycles. The van der Waals surface area contributed by atoms with E-state index in [1.165, 1.54) is 10.8 Å². The fourth-order valence-corrected chi connectivity index (χ4v) is 8.96. The summed E-state index contributed by atoms with van der Waals surface area (Å²) in [5.74, 6) is 0. The summed E-state index contributed by atoms with van der Waals surface area (Å²) in [6.07, 6.45) is 0. The summed E-state index contributed by atoms with van der Waals surface area (Å²) < 4.78 is 6.82. The van der Waals surface area contributed by atoms with Gasteiger partial charge in [-0.3, -0.25) is 0 Å². The maximum atomic E-state index is 10.8. The van der Waals surface area contributed by atoms with Gasteiger partial charge in [0.1, 0.15) is 0 Å². The Labute approximate surface area is 326 Å². The summed E-state index contributed by atoms with van der Waals surface area (Å²) in [4.78, 5) is 0. The molecule has 0 spiro atoms. The van der Waals surface area contributed by atoms with Crippen LogP contribution in [0.5, 0.6) is 0 Å². The smallest absolute Gasteiger partial charge is 0.0998 e. The van der Waals surface area contributed by atoms with Crippen molar-refractivity contribution < 1.29 is 0 Å². The maximum Gasteiger partial charge on any atom is 0.0998 e. The van der Waals surface area contributed by atoms with Crippen LogP contribution < -0.4 is 0 Å². The van der Waals surface area contributed by atoms with E-state index in [0.717, 1.165) is 82.8 Å². The van der Waals surface area contributed by atoms with Gasteiger partial charge < -0.3 is 13.7 Å². The molecule has 0 N–H and O–H groups in total. The summed E-state index contributed by atoms with van der Waals surface area (Å²) in [5, 5.41) is 36.7. The van der Waals surface area contributed by atoms with Crippen LogP contribution in [0.25, 0.3) is 93.6 Å². The van der Waals surface area contributed by atoms with Gasteiger partial charge in [-0.25, -0.2) is 0 Å². The minimum absolute atomic E-state index is 0.531. The molecule has 0 fully saturated rings. The molecular weight excluding hydrogens is 697 g/mol. The summed E-state index contributed by atoms with van der Waals surface area (Å²) in [5.41, 5.74) is 12.5. The van der Waals surface area contributed by atoms with Gasteiger partial charge in [-0.1, -0.05) is 84.9 Å². The normalized spacial score (nSPS) is 11.5. The third kappa shape index (κ3) is 4.61. The van der Waals surface area contributed by atoms with E-state index < -0.39 is 0 Å². The van der Waals surface area contributed by atoms with E-state index >= 15 is 0 Å². The van der Waals surface area contributed by atoms with Crippen molar-refractivity contribution in [3.05, 3.63) is 187 Å². The largest absolute Gasteiger partial charge is 0.309 e. The van der Waals surface area contributed by atoms with Crippen molar-refractivity contribution in [3.63, 3.8) is 0 Å². The Hall–Kier alpha value is -8.37. The van der Waals surface area contributed by atoms with Gasteiger partial charge in [-0.05, 0) is 84.9 Å². The molecule has 6 heteroatoms. The molecule has 8 aromatic carbocycles. The highest BCUT2D eigenvalue weighted by atomic mass is 15.0. The van der Waals surface area contributed by atoms with Crippen molar-refractivity contribution in [2.75, 3.05) is 0 Å². The predicted octanol–water partition coefficient (Wildman–Crippen LogP) is 12.3. The van der Waals surface area contributed by atoms with Crippen molar-refractivity contribution in [3.8, 4) is 46.4 Å². The van der Waals surface area contributed by atoms with Crippen molar-refractivity contribution in [1.29, 1.82) is 15.8 Å². The van der Waals surface area contributed by atoms with Crippen molar-refractivity contribution >= 4 is 65.4 Å². The van der Waals surface area contributed by atoms with Crippen LogP contribution in [0, 0.1) is 34.0 Å². The first-order valence-electron chi connectivity index (χ1n) is 18.7. The van der Waals surface area contributed by atoms with E-state index in [1.54, 1.807) is 12.1 Å². The van der Waals surface area contributed by atoms with Crippen LogP contribution in [0.3, 0.4) is 0 Å². The van der Waals surface area contributed by atoms with Crippen molar-refractivity contribution in [2.45, 2.75) is 0 Å². The Morgan fingerprint density at radius 1 is 0.333 bits per heavy atom. The van der Waals surface area contributed by atoms with Crippen LogP contribution in [0.1, 0.15) is 16.7 Å². The number of nitrogens with zero attached hydrogens (tertiary/aromatic N) is 6. The van der Waals surface area contributed by atoms with E-state index in [-0.39, 0.29) is 0 Å². The fraction of sp³-hybridized carbons (Fsp3) is 0. The molecule has 0 saturated carbocycles. The third-order valence-electron chi connectivity index (χ3n) is 11.3.